The van der Waals surface area contributed by atoms with E-state index in [0.717, 1.165) is 63.8 Å². The third kappa shape index (κ3) is 5.90. The van der Waals surface area contributed by atoms with Crippen molar-refractivity contribution in [2.75, 3.05) is 32.7 Å². The van der Waals surface area contributed by atoms with E-state index in [0.29, 0.717) is 13.1 Å². The number of nitriles is 1. The van der Waals surface area contributed by atoms with Gasteiger partial charge in [0.1, 0.15) is 11.4 Å². The lowest BCUT2D eigenvalue weighted by molar-refractivity contribution is -0.123. The molecule has 1 saturated carbocycles. The number of nitrogens with zero attached hydrogens (tertiary/aromatic N) is 3. The molecule has 0 spiro atoms. The Kier molecular flexibility index (Phi) is 8.03. The summed E-state index contributed by atoms with van der Waals surface area (Å²) < 4.78 is 13.8. The number of rotatable bonds is 5. The van der Waals surface area contributed by atoms with E-state index in [1.54, 1.807) is 6.07 Å². The number of amides is 1. The Bertz CT molecular complexity index is 672. The number of carbonyl (C=O) groups excluding carboxylic acids is 1. The van der Waals surface area contributed by atoms with Gasteiger partial charge in [-0.15, -0.1) is 12.4 Å². The van der Waals surface area contributed by atoms with E-state index in [-0.39, 0.29) is 24.1 Å². The highest BCUT2D eigenvalue weighted by Gasteiger charge is 2.35. The standard InChI is InChI=1S/C20H27FN4O.ClH/c21-18-7-2-1-6-17(18)14-24-10-5-11-25(13-12-24)15-19(26)23-20(16-22)8-3-4-9-20;/h1-2,6-7H,3-5,8-15H2,(H,23,26);1H. The number of hydrogen-bond donors (Lipinski definition) is 1. The van der Waals surface area contributed by atoms with Crippen LogP contribution in [0, 0.1) is 17.1 Å². The molecule has 1 saturated heterocycles. The molecule has 0 aromatic heterocycles. The average Bonchev–Trinajstić information content (AvgIpc) is 2.98. The molecule has 2 aliphatic rings. The highest BCUT2D eigenvalue weighted by Crippen LogP contribution is 2.28. The van der Waals surface area contributed by atoms with Crippen LogP contribution >= 0.6 is 12.4 Å². The molecule has 3 rings (SSSR count). The summed E-state index contributed by atoms with van der Waals surface area (Å²) in [6, 6.07) is 9.20. The Balaban J connectivity index is 0.00000261. The Morgan fingerprint density at radius 3 is 2.48 bits per heavy atom. The van der Waals surface area contributed by atoms with Gasteiger partial charge >= 0.3 is 0 Å². The molecular formula is C20H28ClFN4O. The second kappa shape index (κ2) is 10.0. The van der Waals surface area contributed by atoms with Gasteiger partial charge in [0.05, 0.1) is 12.6 Å². The largest absolute Gasteiger partial charge is 0.337 e. The van der Waals surface area contributed by atoms with Crippen LogP contribution in [0.3, 0.4) is 0 Å². The summed E-state index contributed by atoms with van der Waals surface area (Å²) in [5.41, 5.74) is 0.0654. The maximum atomic E-state index is 13.8. The molecule has 1 amide bonds. The molecule has 0 atom stereocenters. The topological polar surface area (TPSA) is 59.4 Å². The summed E-state index contributed by atoms with van der Waals surface area (Å²) in [6.07, 6.45) is 4.47. The van der Waals surface area contributed by atoms with Gasteiger partial charge in [0.25, 0.3) is 0 Å². The minimum Gasteiger partial charge on any atom is -0.337 e. The molecule has 0 unspecified atom stereocenters. The maximum absolute atomic E-state index is 13.8. The smallest absolute Gasteiger partial charge is 0.235 e. The fourth-order valence-electron chi connectivity index (χ4n) is 3.96. The zero-order chi connectivity index (χ0) is 18.4. The van der Waals surface area contributed by atoms with Crippen LogP contribution in [0.2, 0.25) is 0 Å². The first kappa shape index (κ1) is 21.6. The Hall–Kier alpha value is -1.68. The van der Waals surface area contributed by atoms with Gasteiger partial charge in [-0.1, -0.05) is 18.2 Å². The molecule has 7 heteroatoms. The molecule has 1 aromatic rings. The van der Waals surface area contributed by atoms with Gasteiger partial charge < -0.3 is 5.32 Å². The van der Waals surface area contributed by atoms with E-state index in [1.165, 1.54) is 6.07 Å². The number of hydrogen-bond acceptors (Lipinski definition) is 4. The van der Waals surface area contributed by atoms with Gasteiger partial charge in [-0.3, -0.25) is 14.6 Å². The SMILES string of the molecule is Cl.N#CC1(NC(=O)CN2CCCN(Cc3ccccc3F)CC2)CCCC1. The van der Waals surface area contributed by atoms with Gasteiger partial charge in [-0.2, -0.15) is 5.26 Å². The van der Waals surface area contributed by atoms with Crippen molar-refractivity contribution >= 4 is 18.3 Å². The van der Waals surface area contributed by atoms with Crippen molar-refractivity contribution in [1.82, 2.24) is 15.1 Å². The van der Waals surface area contributed by atoms with E-state index in [2.05, 4.69) is 21.2 Å². The Morgan fingerprint density at radius 1 is 1.11 bits per heavy atom. The molecule has 27 heavy (non-hydrogen) atoms. The van der Waals surface area contributed by atoms with Gasteiger partial charge in [-0.05, 0) is 51.3 Å². The van der Waals surface area contributed by atoms with Crippen LogP contribution in [0.15, 0.2) is 24.3 Å². The second-order valence-corrected chi connectivity index (χ2v) is 7.45. The van der Waals surface area contributed by atoms with Gasteiger partial charge in [-0.25, -0.2) is 4.39 Å². The number of benzene rings is 1. The van der Waals surface area contributed by atoms with Crippen LogP contribution in [-0.2, 0) is 11.3 Å². The molecule has 1 N–H and O–H groups in total. The molecule has 1 aliphatic carbocycles. The van der Waals surface area contributed by atoms with Crippen molar-refractivity contribution in [3.05, 3.63) is 35.6 Å². The van der Waals surface area contributed by atoms with Gasteiger partial charge in [0, 0.05) is 25.2 Å². The Morgan fingerprint density at radius 2 is 1.78 bits per heavy atom. The van der Waals surface area contributed by atoms with Crippen LogP contribution in [0.25, 0.3) is 0 Å². The fourth-order valence-corrected chi connectivity index (χ4v) is 3.96. The Labute approximate surface area is 166 Å². The number of halogens is 2. The quantitative estimate of drug-likeness (QED) is 0.834. The third-order valence-corrected chi connectivity index (χ3v) is 5.45. The molecule has 0 bridgehead atoms. The first-order valence-electron chi connectivity index (χ1n) is 9.51. The highest BCUT2D eigenvalue weighted by atomic mass is 35.5. The first-order chi connectivity index (χ1) is 12.6. The van der Waals surface area contributed by atoms with E-state index >= 15 is 0 Å². The summed E-state index contributed by atoms with van der Waals surface area (Å²) in [6.45, 7) is 4.27. The molecular weight excluding hydrogens is 367 g/mol. The average molecular weight is 395 g/mol. The lowest BCUT2D eigenvalue weighted by Crippen LogP contribution is -2.49. The van der Waals surface area contributed by atoms with Crippen LogP contribution in [0.4, 0.5) is 4.39 Å². The summed E-state index contributed by atoms with van der Waals surface area (Å²) in [4.78, 5) is 16.8. The minimum absolute atomic E-state index is 0. The molecule has 5 nitrogen and oxygen atoms in total. The fraction of sp³-hybridized carbons (Fsp3) is 0.600. The van der Waals surface area contributed by atoms with Crippen molar-refractivity contribution in [2.45, 2.75) is 44.2 Å². The van der Waals surface area contributed by atoms with Crippen molar-refractivity contribution in [3.63, 3.8) is 0 Å². The predicted molar refractivity (Wildman–Crippen MR) is 105 cm³/mol. The van der Waals surface area contributed by atoms with Gasteiger partial charge in [0.2, 0.25) is 5.91 Å². The molecule has 1 heterocycles. The minimum atomic E-state index is -0.653. The summed E-state index contributed by atoms with van der Waals surface area (Å²) in [7, 11) is 0. The summed E-state index contributed by atoms with van der Waals surface area (Å²) >= 11 is 0. The maximum Gasteiger partial charge on any atom is 0.235 e. The molecule has 2 fully saturated rings. The molecule has 1 aliphatic heterocycles. The number of carbonyl (C=O) groups is 1. The van der Waals surface area contributed by atoms with Crippen LogP contribution in [0.5, 0.6) is 0 Å². The predicted octanol–water partition coefficient (Wildman–Crippen LogP) is 2.71. The van der Waals surface area contributed by atoms with Gasteiger partial charge in [0.15, 0.2) is 0 Å². The zero-order valence-corrected chi connectivity index (χ0v) is 16.4. The van der Waals surface area contributed by atoms with Crippen molar-refractivity contribution in [2.24, 2.45) is 0 Å². The monoisotopic (exact) mass is 394 g/mol. The summed E-state index contributed by atoms with van der Waals surface area (Å²) in [5, 5.41) is 12.4. The van der Waals surface area contributed by atoms with E-state index in [9.17, 15) is 14.4 Å². The van der Waals surface area contributed by atoms with Crippen molar-refractivity contribution in [3.8, 4) is 6.07 Å². The van der Waals surface area contributed by atoms with Crippen LogP contribution in [0.1, 0.15) is 37.7 Å². The molecule has 148 valence electrons. The molecule has 0 radical (unpaired) electrons. The zero-order valence-electron chi connectivity index (χ0n) is 15.6. The summed E-state index contributed by atoms with van der Waals surface area (Å²) in [5.74, 6) is -0.220. The molecule has 1 aromatic carbocycles. The van der Waals surface area contributed by atoms with E-state index in [4.69, 9.17) is 0 Å². The lowest BCUT2D eigenvalue weighted by Gasteiger charge is -2.25. The van der Waals surface area contributed by atoms with E-state index < -0.39 is 5.54 Å². The number of nitrogens with one attached hydrogen (secondary N) is 1. The highest BCUT2D eigenvalue weighted by molar-refractivity contribution is 5.85. The first-order valence-corrected chi connectivity index (χ1v) is 9.51. The van der Waals surface area contributed by atoms with Crippen molar-refractivity contribution < 1.29 is 9.18 Å². The third-order valence-electron chi connectivity index (χ3n) is 5.45. The van der Waals surface area contributed by atoms with E-state index in [1.807, 2.05) is 12.1 Å². The second-order valence-electron chi connectivity index (χ2n) is 7.45. The van der Waals surface area contributed by atoms with Crippen molar-refractivity contribution in [1.29, 1.82) is 5.26 Å². The lowest BCUT2D eigenvalue weighted by atomic mass is 10.00. The normalized spacial score (nSPS) is 20.3. The van der Waals surface area contributed by atoms with Crippen LogP contribution < -0.4 is 5.32 Å². The van der Waals surface area contributed by atoms with Crippen LogP contribution in [-0.4, -0.2) is 54.0 Å².